The van der Waals surface area contributed by atoms with Crippen LogP contribution in [-0.4, -0.2) is 32.3 Å². The second-order valence-corrected chi connectivity index (χ2v) is 7.19. The molecular weight excluding hydrogens is 423 g/mol. The minimum atomic E-state index is -0.940. The van der Waals surface area contributed by atoms with Crippen LogP contribution in [0.5, 0.6) is 0 Å². The summed E-state index contributed by atoms with van der Waals surface area (Å²) >= 11 is 11.8. The van der Waals surface area contributed by atoms with Crippen molar-refractivity contribution in [3.05, 3.63) is 82.3 Å². The summed E-state index contributed by atoms with van der Waals surface area (Å²) in [5, 5.41) is 11.7. The number of amides is 1. The summed E-state index contributed by atoms with van der Waals surface area (Å²) in [4.78, 5) is 51.4. The fraction of sp³-hybridized carbons (Fsp3) is 0.167. The van der Waals surface area contributed by atoms with Crippen LogP contribution in [0.3, 0.4) is 0 Å². The van der Waals surface area contributed by atoms with Crippen molar-refractivity contribution in [1.82, 2.24) is 14.5 Å². The van der Waals surface area contributed by atoms with Gasteiger partial charge in [0.15, 0.2) is 0 Å². The predicted octanol–water partition coefficient (Wildman–Crippen LogP) is 2.94. The van der Waals surface area contributed by atoms with Crippen LogP contribution in [0.4, 0.5) is 5.69 Å². The molecule has 150 valence electrons. The predicted molar refractivity (Wildman–Crippen MR) is 109 cm³/mol. The molecule has 1 aromatic heterocycles. The first kappa shape index (κ1) is 20.6. The number of rotatable bonds is 4. The van der Waals surface area contributed by atoms with Crippen molar-refractivity contribution in [2.75, 3.05) is 7.05 Å². The Morgan fingerprint density at radius 2 is 1.90 bits per heavy atom. The highest BCUT2D eigenvalue weighted by atomic mass is 35.5. The van der Waals surface area contributed by atoms with E-state index in [1.807, 2.05) is 0 Å². The molecule has 11 heteroatoms. The van der Waals surface area contributed by atoms with Crippen LogP contribution in [0, 0.1) is 17.0 Å². The maximum absolute atomic E-state index is 12.7. The van der Waals surface area contributed by atoms with Crippen molar-refractivity contribution in [2.24, 2.45) is 0 Å². The second kappa shape index (κ2) is 7.69. The zero-order chi connectivity index (χ0) is 21.5. The molecule has 0 unspecified atom stereocenters. The molecule has 0 spiro atoms. The number of benzene rings is 2. The van der Waals surface area contributed by atoms with Crippen LogP contribution >= 0.6 is 23.2 Å². The Morgan fingerprint density at radius 3 is 2.52 bits per heavy atom. The molecule has 1 amide bonds. The molecule has 29 heavy (non-hydrogen) atoms. The number of aromatic nitrogens is 2. The van der Waals surface area contributed by atoms with Gasteiger partial charge in [0.05, 0.1) is 26.0 Å². The van der Waals surface area contributed by atoms with E-state index in [1.165, 1.54) is 49.2 Å². The molecule has 0 radical (unpaired) electrons. The normalized spacial score (nSPS) is 10.9. The Labute approximate surface area is 173 Å². The van der Waals surface area contributed by atoms with Gasteiger partial charge in [-0.25, -0.2) is 0 Å². The van der Waals surface area contributed by atoms with E-state index in [0.717, 1.165) is 4.57 Å². The van der Waals surface area contributed by atoms with E-state index < -0.39 is 21.9 Å². The minimum Gasteiger partial charge on any atom is -0.323 e. The molecule has 0 atom stereocenters. The molecule has 0 aliphatic heterocycles. The standard InChI is InChI=1S/C18H14Cl2N4O5/c1-9-5-13-15(7-14(9)24(28)29)23(18(27)16(25)21-13)8-22(2)17(26)10-3-4-11(19)12(20)6-10/h3-7H,8H2,1-2H3,(H,21,25). The van der Waals surface area contributed by atoms with Gasteiger partial charge in [-0.05, 0) is 31.2 Å². The Balaban J connectivity index is 2.09. The molecule has 0 bridgehead atoms. The number of nitrogens with one attached hydrogen (secondary N) is 1. The van der Waals surface area contributed by atoms with E-state index in [9.17, 15) is 24.5 Å². The first-order valence-electron chi connectivity index (χ1n) is 8.22. The number of aromatic amines is 1. The highest BCUT2D eigenvalue weighted by molar-refractivity contribution is 6.42. The van der Waals surface area contributed by atoms with Gasteiger partial charge < -0.3 is 9.88 Å². The fourth-order valence-corrected chi connectivity index (χ4v) is 3.18. The maximum atomic E-state index is 12.7. The molecule has 0 aliphatic rings. The largest absolute Gasteiger partial charge is 0.323 e. The molecule has 3 aromatic rings. The van der Waals surface area contributed by atoms with Crippen molar-refractivity contribution in [1.29, 1.82) is 0 Å². The molecule has 1 N–H and O–H groups in total. The fourth-order valence-electron chi connectivity index (χ4n) is 2.88. The van der Waals surface area contributed by atoms with Gasteiger partial charge in [-0.2, -0.15) is 0 Å². The molecule has 0 saturated carbocycles. The first-order valence-corrected chi connectivity index (χ1v) is 8.98. The topological polar surface area (TPSA) is 118 Å². The van der Waals surface area contributed by atoms with Crippen molar-refractivity contribution in [2.45, 2.75) is 13.6 Å². The summed E-state index contributed by atoms with van der Waals surface area (Å²) in [6.45, 7) is 1.21. The average molecular weight is 437 g/mol. The van der Waals surface area contributed by atoms with Crippen molar-refractivity contribution in [3.63, 3.8) is 0 Å². The van der Waals surface area contributed by atoms with E-state index in [2.05, 4.69) is 4.98 Å². The van der Waals surface area contributed by atoms with Crippen LogP contribution in [0.15, 0.2) is 39.9 Å². The second-order valence-electron chi connectivity index (χ2n) is 6.37. The average Bonchev–Trinajstić information content (AvgIpc) is 2.66. The van der Waals surface area contributed by atoms with Crippen molar-refractivity contribution < 1.29 is 9.72 Å². The van der Waals surface area contributed by atoms with Gasteiger partial charge >= 0.3 is 11.1 Å². The third kappa shape index (κ3) is 3.87. The number of nitro groups is 1. The number of fused-ring (bicyclic) bond motifs is 1. The van der Waals surface area contributed by atoms with Gasteiger partial charge in [-0.15, -0.1) is 0 Å². The third-order valence-electron chi connectivity index (χ3n) is 4.36. The summed E-state index contributed by atoms with van der Waals surface area (Å²) in [7, 11) is 1.42. The van der Waals surface area contributed by atoms with Crippen LogP contribution in [0.1, 0.15) is 15.9 Å². The van der Waals surface area contributed by atoms with Crippen molar-refractivity contribution in [3.8, 4) is 0 Å². The minimum absolute atomic E-state index is 0.126. The number of halogens is 2. The number of aryl methyl sites for hydroxylation is 1. The summed E-state index contributed by atoms with van der Waals surface area (Å²) < 4.78 is 1.01. The zero-order valence-corrected chi connectivity index (χ0v) is 16.7. The monoisotopic (exact) mass is 436 g/mol. The molecule has 0 fully saturated rings. The number of hydrogen-bond donors (Lipinski definition) is 1. The maximum Gasteiger partial charge on any atom is 0.318 e. The smallest absolute Gasteiger partial charge is 0.318 e. The number of nitro benzene ring substituents is 1. The number of carbonyl (C=O) groups excluding carboxylic acids is 1. The lowest BCUT2D eigenvalue weighted by molar-refractivity contribution is -0.385. The summed E-state index contributed by atoms with van der Waals surface area (Å²) in [6.07, 6.45) is 0. The van der Waals surface area contributed by atoms with Crippen LogP contribution in [0.2, 0.25) is 10.0 Å². The summed E-state index contributed by atoms with van der Waals surface area (Å²) in [5.74, 6) is -0.481. The third-order valence-corrected chi connectivity index (χ3v) is 5.10. The highest BCUT2D eigenvalue weighted by Gasteiger charge is 2.19. The lowest BCUT2D eigenvalue weighted by Gasteiger charge is -2.20. The van der Waals surface area contributed by atoms with Gasteiger partial charge in [-0.1, -0.05) is 23.2 Å². The zero-order valence-electron chi connectivity index (χ0n) is 15.2. The molecular formula is C18H14Cl2N4O5. The lowest BCUT2D eigenvalue weighted by atomic mass is 10.1. The summed E-state index contributed by atoms with van der Waals surface area (Å²) in [6, 6.07) is 6.92. The first-order chi connectivity index (χ1) is 13.6. The lowest BCUT2D eigenvalue weighted by Crippen LogP contribution is -2.41. The van der Waals surface area contributed by atoms with Crippen LogP contribution in [-0.2, 0) is 6.67 Å². The highest BCUT2D eigenvalue weighted by Crippen LogP contribution is 2.24. The quantitative estimate of drug-likeness (QED) is 0.383. The Kier molecular flexibility index (Phi) is 5.45. The van der Waals surface area contributed by atoms with Gasteiger partial charge in [0, 0.05) is 24.2 Å². The van der Waals surface area contributed by atoms with Crippen molar-refractivity contribution >= 4 is 45.8 Å². The van der Waals surface area contributed by atoms with Gasteiger partial charge in [0.2, 0.25) is 0 Å². The molecule has 0 saturated heterocycles. The van der Waals surface area contributed by atoms with Gasteiger partial charge in [0.25, 0.3) is 11.6 Å². The SMILES string of the molecule is Cc1cc2[nH]c(=O)c(=O)n(CN(C)C(=O)c3ccc(Cl)c(Cl)c3)c2cc1[N+](=O)[O-]. The van der Waals surface area contributed by atoms with Gasteiger partial charge in [0.1, 0.15) is 6.67 Å². The Bertz CT molecular complexity index is 1280. The molecule has 1 heterocycles. The Morgan fingerprint density at radius 1 is 1.21 bits per heavy atom. The molecule has 2 aromatic carbocycles. The van der Waals surface area contributed by atoms with E-state index >= 15 is 0 Å². The molecule has 3 rings (SSSR count). The van der Waals surface area contributed by atoms with E-state index in [0.29, 0.717) is 5.56 Å². The number of hydrogen-bond acceptors (Lipinski definition) is 5. The number of H-pyrrole nitrogens is 1. The number of nitrogens with zero attached hydrogens (tertiary/aromatic N) is 3. The van der Waals surface area contributed by atoms with Crippen LogP contribution in [0.25, 0.3) is 11.0 Å². The van der Waals surface area contributed by atoms with E-state index in [1.54, 1.807) is 0 Å². The summed E-state index contributed by atoms with van der Waals surface area (Å²) in [5.41, 5.74) is -1.13. The van der Waals surface area contributed by atoms with E-state index in [4.69, 9.17) is 23.2 Å². The number of carbonyl (C=O) groups is 1. The van der Waals surface area contributed by atoms with Crippen LogP contribution < -0.4 is 11.1 Å². The van der Waals surface area contributed by atoms with Gasteiger partial charge in [-0.3, -0.25) is 29.1 Å². The Hall–Kier alpha value is -3.17. The molecule has 9 nitrogen and oxygen atoms in total. The molecule has 0 aliphatic carbocycles. The van der Waals surface area contributed by atoms with E-state index in [-0.39, 0.29) is 39.0 Å².